The minimum atomic E-state index is -0.935. The number of hydrogen-bond donors (Lipinski definition) is 3. The molecule has 3 aliphatic rings. The number of carbonyl (C=O) groups is 2. The van der Waals surface area contributed by atoms with Crippen LogP contribution < -0.4 is 21.1 Å². The third-order valence-electron chi connectivity index (χ3n) is 5.98. The van der Waals surface area contributed by atoms with Gasteiger partial charge < -0.3 is 5.32 Å². The number of aromatic nitrogens is 2. The largest absolute Gasteiger partial charge is 0.337 e. The van der Waals surface area contributed by atoms with Crippen LogP contribution in [0.2, 0.25) is 0 Å². The van der Waals surface area contributed by atoms with Gasteiger partial charge in [-0.05, 0) is 30.9 Å². The average Bonchev–Trinajstić information content (AvgIpc) is 3.39. The molecule has 32 heavy (non-hydrogen) atoms. The Bertz CT molecular complexity index is 1110. The van der Waals surface area contributed by atoms with E-state index in [-0.39, 0.29) is 23.7 Å². The van der Waals surface area contributed by atoms with Crippen molar-refractivity contribution in [1.82, 2.24) is 25.9 Å². The van der Waals surface area contributed by atoms with Gasteiger partial charge in [0.25, 0.3) is 11.8 Å². The van der Waals surface area contributed by atoms with E-state index in [9.17, 15) is 18.4 Å². The Hall–Kier alpha value is -3.34. The minimum absolute atomic E-state index is 0.0136. The van der Waals surface area contributed by atoms with E-state index in [0.29, 0.717) is 18.9 Å². The summed E-state index contributed by atoms with van der Waals surface area (Å²) in [6.45, 7) is 0.503. The first-order valence-corrected chi connectivity index (χ1v) is 10.6. The van der Waals surface area contributed by atoms with Gasteiger partial charge in [0.2, 0.25) is 5.84 Å². The van der Waals surface area contributed by atoms with Crippen LogP contribution in [-0.2, 0) is 22.6 Å². The molecule has 1 unspecified atom stereocenters. The second-order valence-corrected chi connectivity index (χ2v) is 8.32. The molecule has 1 aromatic carbocycles. The number of benzene rings is 1. The summed E-state index contributed by atoms with van der Waals surface area (Å²) in [6, 6.07) is 5.14. The minimum Gasteiger partial charge on any atom is -0.337 e. The van der Waals surface area contributed by atoms with Crippen molar-refractivity contribution in [3.8, 4) is 0 Å². The van der Waals surface area contributed by atoms with Crippen molar-refractivity contribution < 1.29 is 18.4 Å². The Labute approximate surface area is 182 Å². The van der Waals surface area contributed by atoms with Crippen LogP contribution in [0.25, 0.3) is 0 Å². The lowest BCUT2D eigenvalue weighted by Gasteiger charge is -2.20. The van der Waals surface area contributed by atoms with Crippen molar-refractivity contribution in [2.24, 2.45) is 4.99 Å². The predicted molar refractivity (Wildman–Crippen MR) is 112 cm³/mol. The van der Waals surface area contributed by atoms with Gasteiger partial charge in [0.15, 0.2) is 11.6 Å². The molecule has 0 radical (unpaired) electrons. The van der Waals surface area contributed by atoms with Gasteiger partial charge in [0.05, 0.1) is 5.69 Å². The molecule has 1 fully saturated rings. The molecular formula is C21H23F2N7O2. The summed E-state index contributed by atoms with van der Waals surface area (Å²) in [5.41, 5.74) is 6.59. The van der Waals surface area contributed by atoms with Crippen LogP contribution in [-0.4, -0.2) is 46.7 Å². The van der Waals surface area contributed by atoms with E-state index < -0.39 is 29.7 Å². The quantitative estimate of drug-likeness (QED) is 0.639. The van der Waals surface area contributed by atoms with Crippen molar-refractivity contribution >= 4 is 23.5 Å². The molecule has 11 heteroatoms. The lowest BCUT2D eigenvalue weighted by Crippen LogP contribution is -2.51. The fraction of sp³-hybridized carbons (Fsp3) is 0.429. The zero-order valence-corrected chi connectivity index (χ0v) is 17.4. The Balaban J connectivity index is 1.23. The van der Waals surface area contributed by atoms with Crippen LogP contribution in [0.5, 0.6) is 0 Å². The van der Waals surface area contributed by atoms with E-state index in [2.05, 4.69) is 26.3 Å². The number of rotatable bonds is 5. The molecule has 3 heterocycles. The summed E-state index contributed by atoms with van der Waals surface area (Å²) in [7, 11) is 1.67. The van der Waals surface area contributed by atoms with Gasteiger partial charge in [0.1, 0.15) is 18.0 Å². The third kappa shape index (κ3) is 3.83. The maximum Gasteiger partial charge on any atom is 0.288 e. The number of amidine groups is 1. The molecule has 168 valence electrons. The van der Waals surface area contributed by atoms with Crippen LogP contribution >= 0.6 is 0 Å². The SMILES string of the molecule is CN1C(=O)[C@@H](NC(=O)C2=NC(Cc3cccc(F)c3F)NN2)CCn2nc(C3CC3)cc21. The number of likely N-dealkylation sites (N-methyl/N-ethyl adjacent to an activating group) is 1. The molecule has 1 aliphatic carbocycles. The Morgan fingerprint density at radius 3 is 2.88 bits per heavy atom. The monoisotopic (exact) mass is 443 g/mol. The zero-order valence-electron chi connectivity index (χ0n) is 17.4. The fourth-order valence-electron chi connectivity index (χ4n) is 4.02. The highest BCUT2D eigenvalue weighted by Crippen LogP contribution is 2.40. The zero-order chi connectivity index (χ0) is 22.4. The molecule has 0 saturated heterocycles. The second-order valence-electron chi connectivity index (χ2n) is 8.32. The smallest absolute Gasteiger partial charge is 0.288 e. The molecule has 2 amide bonds. The van der Waals surface area contributed by atoms with Crippen LogP contribution in [0, 0.1) is 11.6 Å². The van der Waals surface area contributed by atoms with Crippen LogP contribution in [0.4, 0.5) is 14.6 Å². The van der Waals surface area contributed by atoms with Gasteiger partial charge in [0, 0.05) is 32.0 Å². The molecule has 0 spiro atoms. The van der Waals surface area contributed by atoms with Gasteiger partial charge in [-0.3, -0.25) is 19.9 Å². The molecule has 1 aromatic heterocycles. The van der Waals surface area contributed by atoms with Gasteiger partial charge in [-0.2, -0.15) is 5.10 Å². The van der Waals surface area contributed by atoms with Gasteiger partial charge >= 0.3 is 0 Å². The van der Waals surface area contributed by atoms with Crippen molar-refractivity contribution in [3.63, 3.8) is 0 Å². The van der Waals surface area contributed by atoms with Crippen molar-refractivity contribution in [3.05, 3.63) is 47.2 Å². The number of hydrazine groups is 1. The second kappa shape index (κ2) is 7.97. The molecule has 2 atom stereocenters. The van der Waals surface area contributed by atoms with E-state index >= 15 is 0 Å². The Morgan fingerprint density at radius 2 is 2.09 bits per heavy atom. The molecule has 1 saturated carbocycles. The molecule has 5 rings (SSSR count). The molecule has 9 nitrogen and oxygen atoms in total. The summed E-state index contributed by atoms with van der Waals surface area (Å²) in [5, 5.41) is 7.34. The normalized spacial score (nSPS) is 22.8. The van der Waals surface area contributed by atoms with Crippen molar-refractivity contribution in [1.29, 1.82) is 0 Å². The number of halogens is 2. The number of anilines is 1. The highest BCUT2D eigenvalue weighted by atomic mass is 19.2. The molecule has 0 bridgehead atoms. The first-order chi connectivity index (χ1) is 15.4. The molecule has 2 aliphatic heterocycles. The molecular weight excluding hydrogens is 420 g/mol. The van der Waals surface area contributed by atoms with E-state index in [1.165, 1.54) is 17.0 Å². The van der Waals surface area contributed by atoms with Crippen molar-refractivity contribution in [2.75, 3.05) is 11.9 Å². The van der Waals surface area contributed by atoms with E-state index in [1.54, 1.807) is 7.05 Å². The topological polar surface area (TPSA) is 104 Å². The van der Waals surface area contributed by atoms with E-state index in [1.807, 2.05) is 10.7 Å². The number of hydrogen-bond acceptors (Lipinski definition) is 6. The maximum atomic E-state index is 13.9. The number of nitrogens with one attached hydrogen (secondary N) is 3. The van der Waals surface area contributed by atoms with E-state index in [0.717, 1.165) is 30.4 Å². The van der Waals surface area contributed by atoms with Crippen LogP contribution in [0.15, 0.2) is 29.3 Å². The Kier molecular flexibility index (Phi) is 5.12. The number of fused-ring (bicyclic) bond motifs is 1. The van der Waals surface area contributed by atoms with Gasteiger partial charge in [-0.15, -0.1) is 0 Å². The summed E-state index contributed by atoms with van der Waals surface area (Å²) in [4.78, 5) is 31.4. The number of aliphatic imine (C=N–C) groups is 1. The average molecular weight is 443 g/mol. The lowest BCUT2D eigenvalue weighted by molar-refractivity contribution is -0.124. The first kappa shape index (κ1) is 20.6. The maximum absolute atomic E-state index is 13.9. The third-order valence-corrected chi connectivity index (χ3v) is 5.98. The van der Waals surface area contributed by atoms with Gasteiger partial charge in [-0.1, -0.05) is 12.1 Å². The standard InChI is InChI=1S/C21H23F2N7O2/c1-29-17-10-15(11-5-6-11)28-30(17)8-7-14(21(29)32)24-20(31)19-25-16(26-27-19)9-12-3-2-4-13(22)18(12)23/h2-4,10-11,14,16,26H,5-9H2,1H3,(H,24,31)(H,25,27)/t14-,16?/m0/s1. The van der Waals surface area contributed by atoms with E-state index in [4.69, 9.17) is 0 Å². The predicted octanol–water partition coefficient (Wildman–Crippen LogP) is 0.965. The summed E-state index contributed by atoms with van der Waals surface area (Å²) >= 11 is 0. The Morgan fingerprint density at radius 1 is 1.28 bits per heavy atom. The number of carbonyl (C=O) groups excluding carboxylic acids is 2. The number of nitrogens with zero attached hydrogens (tertiary/aromatic N) is 4. The van der Waals surface area contributed by atoms with Crippen LogP contribution in [0.3, 0.4) is 0 Å². The fourth-order valence-corrected chi connectivity index (χ4v) is 4.02. The summed E-state index contributed by atoms with van der Waals surface area (Å²) < 4.78 is 29.1. The highest BCUT2D eigenvalue weighted by Gasteiger charge is 2.34. The van der Waals surface area contributed by atoms with Crippen molar-refractivity contribution in [2.45, 2.75) is 50.4 Å². The summed E-state index contributed by atoms with van der Waals surface area (Å²) in [5.74, 6) is -1.45. The number of amides is 2. The molecule has 2 aromatic rings. The van der Waals surface area contributed by atoms with Gasteiger partial charge in [-0.25, -0.2) is 23.9 Å². The van der Waals surface area contributed by atoms with Crippen LogP contribution in [0.1, 0.15) is 36.4 Å². The lowest BCUT2D eigenvalue weighted by atomic mass is 10.1. The number of aryl methyl sites for hydroxylation is 1. The first-order valence-electron chi connectivity index (χ1n) is 10.6. The highest BCUT2D eigenvalue weighted by molar-refractivity contribution is 6.38. The summed E-state index contributed by atoms with van der Waals surface area (Å²) in [6.07, 6.45) is 2.06. The molecule has 3 N–H and O–H groups in total.